The second-order valence-corrected chi connectivity index (χ2v) is 5.98. The van der Waals surface area contributed by atoms with E-state index in [-0.39, 0.29) is 17.5 Å². The summed E-state index contributed by atoms with van der Waals surface area (Å²) >= 11 is 0. The zero-order chi connectivity index (χ0) is 16.3. The quantitative estimate of drug-likeness (QED) is 0.854. The van der Waals surface area contributed by atoms with E-state index in [9.17, 15) is 18.0 Å². The fraction of sp³-hybridized carbons (Fsp3) is 0.562. The van der Waals surface area contributed by atoms with Crippen LogP contribution in [-0.4, -0.2) is 37.0 Å². The molecule has 0 bridgehead atoms. The van der Waals surface area contributed by atoms with Crippen LogP contribution < -0.4 is 4.90 Å². The molecule has 1 fully saturated rings. The lowest BCUT2D eigenvalue weighted by atomic mass is 10.1. The number of piperazine rings is 1. The van der Waals surface area contributed by atoms with Crippen molar-refractivity contribution in [2.24, 2.45) is 5.92 Å². The van der Waals surface area contributed by atoms with Gasteiger partial charge in [0, 0.05) is 38.3 Å². The Balaban J connectivity index is 2.05. The number of alkyl halides is 3. The highest BCUT2D eigenvalue weighted by atomic mass is 19.4. The Morgan fingerprint density at radius 2 is 1.73 bits per heavy atom. The second kappa shape index (κ2) is 6.58. The van der Waals surface area contributed by atoms with E-state index in [2.05, 4.69) is 0 Å². The average molecular weight is 314 g/mol. The summed E-state index contributed by atoms with van der Waals surface area (Å²) in [5.41, 5.74) is -0.414. The van der Waals surface area contributed by atoms with Crippen molar-refractivity contribution in [1.82, 2.24) is 4.90 Å². The van der Waals surface area contributed by atoms with Gasteiger partial charge in [-0.2, -0.15) is 13.2 Å². The third-order valence-corrected chi connectivity index (χ3v) is 3.77. The molecular formula is C16H21F3N2O. The molecule has 122 valence electrons. The predicted octanol–water partition coefficient (Wildman–Crippen LogP) is 3.40. The maximum Gasteiger partial charge on any atom is 0.418 e. The fourth-order valence-electron chi connectivity index (χ4n) is 2.66. The van der Waals surface area contributed by atoms with Crippen LogP contribution in [0.25, 0.3) is 0 Å². The molecule has 0 unspecified atom stereocenters. The number of hydrogen-bond donors (Lipinski definition) is 0. The summed E-state index contributed by atoms with van der Waals surface area (Å²) in [5.74, 6) is 0.371. The van der Waals surface area contributed by atoms with E-state index in [1.807, 2.05) is 13.8 Å². The maximum atomic E-state index is 13.1. The molecule has 0 N–H and O–H groups in total. The maximum absolute atomic E-state index is 13.1. The molecule has 0 saturated carbocycles. The Hall–Kier alpha value is -1.72. The van der Waals surface area contributed by atoms with E-state index in [0.29, 0.717) is 32.6 Å². The van der Waals surface area contributed by atoms with Gasteiger partial charge in [-0.05, 0) is 18.1 Å². The van der Waals surface area contributed by atoms with Crippen LogP contribution in [0.2, 0.25) is 0 Å². The lowest BCUT2D eigenvalue weighted by molar-refractivity contribution is -0.137. The molecule has 1 heterocycles. The molecule has 0 spiro atoms. The number of benzene rings is 1. The highest BCUT2D eigenvalue weighted by Gasteiger charge is 2.35. The lowest BCUT2D eigenvalue weighted by Gasteiger charge is -2.37. The van der Waals surface area contributed by atoms with Crippen LogP contribution in [0.15, 0.2) is 24.3 Å². The molecule has 2 rings (SSSR count). The van der Waals surface area contributed by atoms with E-state index < -0.39 is 11.7 Å². The largest absolute Gasteiger partial charge is 0.418 e. The Kier molecular flexibility index (Phi) is 4.98. The number of hydrogen-bond acceptors (Lipinski definition) is 2. The number of carbonyl (C=O) groups is 1. The smallest absolute Gasteiger partial charge is 0.367 e. The first-order valence-corrected chi connectivity index (χ1v) is 7.48. The van der Waals surface area contributed by atoms with Gasteiger partial charge >= 0.3 is 6.18 Å². The molecule has 1 amide bonds. The first kappa shape index (κ1) is 16.6. The Labute approximate surface area is 128 Å². The molecule has 1 aliphatic rings. The Bertz CT molecular complexity index is 520. The third kappa shape index (κ3) is 3.93. The van der Waals surface area contributed by atoms with Crippen LogP contribution in [0, 0.1) is 5.92 Å². The van der Waals surface area contributed by atoms with Crippen molar-refractivity contribution in [2.75, 3.05) is 31.1 Å². The number of rotatable bonds is 3. The van der Waals surface area contributed by atoms with Crippen molar-refractivity contribution < 1.29 is 18.0 Å². The van der Waals surface area contributed by atoms with Crippen molar-refractivity contribution >= 4 is 11.6 Å². The van der Waals surface area contributed by atoms with E-state index >= 15 is 0 Å². The van der Waals surface area contributed by atoms with Crippen LogP contribution in [-0.2, 0) is 11.0 Å². The van der Waals surface area contributed by atoms with Crippen LogP contribution >= 0.6 is 0 Å². The molecule has 3 nitrogen and oxygen atoms in total. The summed E-state index contributed by atoms with van der Waals surface area (Å²) in [7, 11) is 0. The van der Waals surface area contributed by atoms with E-state index in [4.69, 9.17) is 0 Å². The first-order chi connectivity index (χ1) is 10.3. The van der Waals surface area contributed by atoms with Gasteiger partial charge in [0.1, 0.15) is 0 Å². The van der Waals surface area contributed by atoms with E-state index in [1.165, 1.54) is 12.1 Å². The van der Waals surface area contributed by atoms with Crippen molar-refractivity contribution in [3.05, 3.63) is 29.8 Å². The molecule has 0 aromatic heterocycles. The van der Waals surface area contributed by atoms with E-state index in [0.717, 1.165) is 6.07 Å². The highest BCUT2D eigenvalue weighted by Crippen LogP contribution is 2.36. The van der Waals surface area contributed by atoms with Gasteiger partial charge in [-0.3, -0.25) is 4.79 Å². The van der Waals surface area contributed by atoms with Crippen molar-refractivity contribution in [3.63, 3.8) is 0 Å². The minimum absolute atomic E-state index is 0.0822. The molecule has 1 aromatic rings. The topological polar surface area (TPSA) is 23.6 Å². The standard InChI is InChI=1S/C16H21F3N2O/c1-12(2)11-15(22)21-9-7-20(8-10-21)14-6-4-3-5-13(14)16(17,18)19/h3-6,12H,7-11H2,1-2H3. The fourth-order valence-corrected chi connectivity index (χ4v) is 2.66. The third-order valence-electron chi connectivity index (χ3n) is 3.77. The molecule has 1 saturated heterocycles. The lowest BCUT2D eigenvalue weighted by Crippen LogP contribution is -2.49. The Morgan fingerprint density at radius 3 is 2.27 bits per heavy atom. The number of halogens is 3. The van der Waals surface area contributed by atoms with Gasteiger partial charge in [0.25, 0.3) is 0 Å². The van der Waals surface area contributed by atoms with Gasteiger partial charge in [-0.25, -0.2) is 0 Å². The molecule has 1 aromatic carbocycles. The summed E-state index contributed by atoms with van der Waals surface area (Å²) in [6.07, 6.45) is -3.87. The van der Waals surface area contributed by atoms with Crippen LogP contribution in [0.4, 0.5) is 18.9 Å². The number of amides is 1. The first-order valence-electron chi connectivity index (χ1n) is 7.48. The number of para-hydroxylation sites is 1. The summed E-state index contributed by atoms with van der Waals surface area (Å²) in [6, 6.07) is 5.61. The zero-order valence-corrected chi connectivity index (χ0v) is 12.9. The summed E-state index contributed by atoms with van der Waals surface area (Å²) in [4.78, 5) is 15.5. The normalized spacial score (nSPS) is 16.3. The average Bonchev–Trinajstić information content (AvgIpc) is 2.46. The highest BCUT2D eigenvalue weighted by molar-refractivity contribution is 5.76. The Morgan fingerprint density at radius 1 is 1.14 bits per heavy atom. The second-order valence-electron chi connectivity index (χ2n) is 5.98. The molecule has 0 aliphatic carbocycles. The molecular weight excluding hydrogens is 293 g/mol. The number of nitrogens with zero attached hydrogens (tertiary/aromatic N) is 2. The van der Waals surface area contributed by atoms with Crippen molar-refractivity contribution in [1.29, 1.82) is 0 Å². The SMILES string of the molecule is CC(C)CC(=O)N1CCN(c2ccccc2C(F)(F)F)CC1. The summed E-state index contributed by atoms with van der Waals surface area (Å²) in [5, 5.41) is 0. The minimum Gasteiger partial charge on any atom is -0.367 e. The molecule has 0 atom stereocenters. The summed E-state index contributed by atoms with van der Waals surface area (Å²) < 4.78 is 39.2. The van der Waals surface area contributed by atoms with Crippen LogP contribution in [0.1, 0.15) is 25.8 Å². The molecule has 0 radical (unpaired) electrons. The molecule has 1 aliphatic heterocycles. The van der Waals surface area contributed by atoms with Gasteiger partial charge in [0.15, 0.2) is 0 Å². The molecule has 6 heteroatoms. The zero-order valence-electron chi connectivity index (χ0n) is 12.9. The van der Waals surface area contributed by atoms with Crippen molar-refractivity contribution in [3.8, 4) is 0 Å². The molecule has 22 heavy (non-hydrogen) atoms. The minimum atomic E-state index is -4.36. The number of anilines is 1. The monoisotopic (exact) mass is 314 g/mol. The number of carbonyl (C=O) groups excluding carboxylic acids is 1. The van der Waals surface area contributed by atoms with E-state index in [1.54, 1.807) is 15.9 Å². The predicted molar refractivity (Wildman–Crippen MR) is 79.7 cm³/mol. The van der Waals surface area contributed by atoms with Gasteiger partial charge in [0.2, 0.25) is 5.91 Å². The van der Waals surface area contributed by atoms with Crippen LogP contribution in [0.5, 0.6) is 0 Å². The van der Waals surface area contributed by atoms with Gasteiger partial charge < -0.3 is 9.80 Å². The van der Waals surface area contributed by atoms with Gasteiger partial charge in [0.05, 0.1) is 5.56 Å². The van der Waals surface area contributed by atoms with Gasteiger partial charge in [-0.15, -0.1) is 0 Å². The van der Waals surface area contributed by atoms with Gasteiger partial charge in [-0.1, -0.05) is 26.0 Å². The van der Waals surface area contributed by atoms with Crippen molar-refractivity contribution in [2.45, 2.75) is 26.4 Å². The van der Waals surface area contributed by atoms with Crippen LogP contribution in [0.3, 0.4) is 0 Å². The summed E-state index contributed by atoms with van der Waals surface area (Å²) in [6.45, 7) is 5.75.